The van der Waals surface area contributed by atoms with Gasteiger partial charge in [0.2, 0.25) is 0 Å². The summed E-state index contributed by atoms with van der Waals surface area (Å²) in [4.78, 5) is 7.13. The first-order chi connectivity index (χ1) is 12.4. The summed E-state index contributed by atoms with van der Waals surface area (Å²) in [6.45, 7) is 10.9. The van der Waals surface area contributed by atoms with Crippen molar-refractivity contribution in [3.8, 4) is 5.75 Å². The number of hydrogen-bond donors (Lipinski definition) is 0. The number of likely N-dealkylation sites (tertiary alicyclic amines) is 1. The quantitative estimate of drug-likeness (QED) is 0.538. The van der Waals surface area contributed by atoms with Crippen LogP contribution in [0.4, 0.5) is 0 Å². The Labute approximate surface area is 158 Å². The molecule has 0 amide bonds. The van der Waals surface area contributed by atoms with Gasteiger partial charge in [0.25, 0.3) is 0 Å². The summed E-state index contributed by atoms with van der Waals surface area (Å²) in [5, 5.41) is 0. The van der Waals surface area contributed by atoms with Crippen LogP contribution in [0.15, 0.2) is 18.5 Å². The molecule has 0 N–H and O–H groups in total. The molecule has 144 valence electrons. The minimum absolute atomic E-state index is 0.581. The van der Waals surface area contributed by atoms with Gasteiger partial charge < -0.3 is 18.9 Å². The third-order valence-electron chi connectivity index (χ3n) is 5.34. The highest BCUT2D eigenvalue weighted by atomic mass is 28.3. The molecule has 0 unspecified atom stereocenters. The largest absolute Gasteiger partial charge is 0.495 e. The maximum atomic E-state index is 6.02. The van der Waals surface area contributed by atoms with Crippen LogP contribution in [0.25, 0.3) is 11.0 Å². The summed E-state index contributed by atoms with van der Waals surface area (Å²) in [6.07, 6.45) is 6.48. The molecule has 2 aromatic heterocycles. The molecule has 0 saturated carbocycles. The third-order valence-corrected chi connectivity index (χ3v) is 7.05. The second-order valence-electron chi connectivity index (χ2n) is 8.72. The summed E-state index contributed by atoms with van der Waals surface area (Å²) in [6, 6.07) is 3.28. The smallest absolute Gasteiger partial charge is 0.139 e. The van der Waals surface area contributed by atoms with Gasteiger partial charge in [-0.05, 0) is 50.5 Å². The molecule has 1 aliphatic rings. The summed E-state index contributed by atoms with van der Waals surface area (Å²) >= 11 is 0. The molecule has 1 saturated heterocycles. The van der Waals surface area contributed by atoms with Gasteiger partial charge in [0, 0.05) is 26.9 Å². The van der Waals surface area contributed by atoms with Gasteiger partial charge in [-0.25, -0.2) is 0 Å². The summed E-state index contributed by atoms with van der Waals surface area (Å²) in [7, 11) is 2.83. The lowest BCUT2D eigenvalue weighted by Gasteiger charge is -2.28. The van der Waals surface area contributed by atoms with Gasteiger partial charge in [0.15, 0.2) is 0 Å². The number of hydrogen-bond acceptors (Lipinski definition) is 4. The van der Waals surface area contributed by atoms with E-state index >= 15 is 0 Å². The van der Waals surface area contributed by atoms with Crippen molar-refractivity contribution in [3.63, 3.8) is 0 Å². The molecule has 0 aromatic carbocycles. The van der Waals surface area contributed by atoms with Gasteiger partial charge in [-0.2, -0.15) is 0 Å². The molecule has 0 bridgehead atoms. The molecule has 0 atom stereocenters. The van der Waals surface area contributed by atoms with E-state index in [1.54, 1.807) is 7.11 Å². The Morgan fingerprint density at radius 3 is 2.62 bits per heavy atom. The number of methoxy groups -OCH3 is 1. The average molecular weight is 376 g/mol. The Bertz CT molecular complexity index is 730. The lowest BCUT2D eigenvalue weighted by atomic mass is 9.91. The van der Waals surface area contributed by atoms with Crippen molar-refractivity contribution in [2.45, 2.75) is 51.2 Å². The van der Waals surface area contributed by atoms with E-state index in [1.165, 1.54) is 24.4 Å². The van der Waals surface area contributed by atoms with Crippen LogP contribution < -0.4 is 4.74 Å². The lowest BCUT2D eigenvalue weighted by molar-refractivity contribution is 0.0900. The SMILES string of the molecule is COc1cnc2c(C3CCN(C)CC3)cn(COCC[Si](C)(C)C)c2c1. The van der Waals surface area contributed by atoms with Crippen molar-refractivity contribution in [1.29, 1.82) is 0 Å². The molecular weight excluding hydrogens is 342 g/mol. The molecule has 1 fully saturated rings. The maximum Gasteiger partial charge on any atom is 0.139 e. The van der Waals surface area contributed by atoms with Crippen molar-refractivity contribution < 1.29 is 9.47 Å². The van der Waals surface area contributed by atoms with Gasteiger partial charge >= 0.3 is 0 Å². The monoisotopic (exact) mass is 375 g/mol. The zero-order valence-electron chi connectivity index (χ0n) is 16.9. The maximum absolute atomic E-state index is 6.02. The van der Waals surface area contributed by atoms with E-state index in [1.807, 2.05) is 6.20 Å². The van der Waals surface area contributed by atoms with Crippen LogP contribution in [0.2, 0.25) is 25.7 Å². The second kappa shape index (κ2) is 8.11. The highest BCUT2D eigenvalue weighted by molar-refractivity contribution is 6.76. The predicted octanol–water partition coefficient (Wildman–Crippen LogP) is 4.17. The van der Waals surface area contributed by atoms with Gasteiger partial charge in [-0.1, -0.05) is 19.6 Å². The molecule has 0 radical (unpaired) electrons. The minimum Gasteiger partial charge on any atom is -0.495 e. The van der Waals surface area contributed by atoms with Crippen molar-refractivity contribution in [3.05, 3.63) is 24.0 Å². The minimum atomic E-state index is -1.06. The molecule has 0 aliphatic carbocycles. The normalized spacial score (nSPS) is 17.1. The Hall–Kier alpha value is -1.37. The lowest BCUT2D eigenvalue weighted by Crippen LogP contribution is -2.29. The fraction of sp³-hybridized carbons (Fsp3) is 0.650. The molecule has 5 nitrogen and oxygen atoms in total. The summed E-state index contributed by atoms with van der Waals surface area (Å²) in [5.41, 5.74) is 3.59. The Kier molecular flexibility index (Phi) is 6.05. The highest BCUT2D eigenvalue weighted by Gasteiger charge is 2.23. The average Bonchev–Trinajstić information content (AvgIpc) is 2.96. The predicted molar refractivity (Wildman–Crippen MR) is 110 cm³/mol. The van der Waals surface area contributed by atoms with E-state index in [-0.39, 0.29) is 0 Å². The Balaban J connectivity index is 1.82. The highest BCUT2D eigenvalue weighted by Crippen LogP contribution is 2.34. The van der Waals surface area contributed by atoms with Crippen LogP contribution in [0.5, 0.6) is 5.75 Å². The van der Waals surface area contributed by atoms with Crippen molar-refractivity contribution >= 4 is 19.1 Å². The van der Waals surface area contributed by atoms with E-state index in [0.29, 0.717) is 12.6 Å². The molecule has 1 aliphatic heterocycles. The summed E-state index contributed by atoms with van der Waals surface area (Å²) in [5.74, 6) is 1.38. The Morgan fingerprint density at radius 1 is 1.23 bits per heavy atom. The van der Waals surface area contributed by atoms with Gasteiger partial charge in [-0.3, -0.25) is 4.98 Å². The van der Waals surface area contributed by atoms with Crippen LogP contribution in [0, 0.1) is 0 Å². The number of nitrogens with zero attached hydrogens (tertiary/aromatic N) is 3. The molecule has 0 spiro atoms. The van der Waals surface area contributed by atoms with Gasteiger partial charge in [-0.15, -0.1) is 0 Å². The zero-order valence-corrected chi connectivity index (χ0v) is 17.9. The van der Waals surface area contributed by atoms with E-state index in [9.17, 15) is 0 Å². The number of piperidine rings is 1. The van der Waals surface area contributed by atoms with E-state index < -0.39 is 8.07 Å². The first-order valence-electron chi connectivity index (χ1n) is 9.66. The van der Waals surface area contributed by atoms with Crippen molar-refractivity contribution in [1.82, 2.24) is 14.5 Å². The fourth-order valence-electron chi connectivity index (χ4n) is 3.55. The van der Waals surface area contributed by atoms with Gasteiger partial charge in [0.05, 0.1) is 24.3 Å². The van der Waals surface area contributed by atoms with Crippen LogP contribution in [0.1, 0.15) is 24.3 Å². The van der Waals surface area contributed by atoms with Crippen LogP contribution in [0.3, 0.4) is 0 Å². The summed E-state index contributed by atoms with van der Waals surface area (Å²) < 4.78 is 13.6. The van der Waals surface area contributed by atoms with Crippen molar-refractivity contribution in [2.24, 2.45) is 0 Å². The number of pyridine rings is 1. The standard InChI is InChI=1S/C20H33N3O2Si/c1-22-8-6-16(7-9-22)18-14-23(15-25-10-11-26(3,4)5)19-12-17(24-2)13-21-20(18)19/h12-14,16H,6-11,15H2,1-5H3. The third kappa shape index (κ3) is 4.67. The molecular formula is C20H33N3O2Si. The number of ether oxygens (including phenoxy) is 2. The topological polar surface area (TPSA) is 39.5 Å². The Morgan fingerprint density at radius 2 is 1.96 bits per heavy atom. The van der Waals surface area contributed by atoms with E-state index in [2.05, 4.69) is 48.4 Å². The first kappa shape index (κ1) is 19.4. The molecule has 6 heteroatoms. The number of aromatic nitrogens is 2. The molecule has 3 heterocycles. The molecule has 26 heavy (non-hydrogen) atoms. The van der Waals surface area contributed by atoms with E-state index in [0.717, 1.165) is 36.5 Å². The van der Waals surface area contributed by atoms with Crippen LogP contribution in [-0.2, 0) is 11.5 Å². The number of fused-ring (bicyclic) bond motifs is 1. The van der Waals surface area contributed by atoms with Crippen LogP contribution >= 0.6 is 0 Å². The fourth-order valence-corrected chi connectivity index (χ4v) is 4.31. The zero-order chi connectivity index (χ0) is 18.7. The molecule has 3 rings (SSSR count). The molecule has 2 aromatic rings. The van der Waals surface area contributed by atoms with E-state index in [4.69, 9.17) is 14.5 Å². The van der Waals surface area contributed by atoms with Gasteiger partial charge in [0.1, 0.15) is 12.5 Å². The second-order valence-corrected chi connectivity index (χ2v) is 14.3. The van der Waals surface area contributed by atoms with Crippen LogP contribution in [-0.4, -0.2) is 56.4 Å². The first-order valence-corrected chi connectivity index (χ1v) is 13.4. The number of rotatable bonds is 7. The van der Waals surface area contributed by atoms with Crippen molar-refractivity contribution in [2.75, 3.05) is 33.9 Å².